The monoisotopic (exact) mass is 230 g/mol. The number of rotatable bonds is 4. The van der Waals surface area contributed by atoms with E-state index in [0.29, 0.717) is 12.5 Å². The molecule has 0 fully saturated rings. The van der Waals surface area contributed by atoms with E-state index in [2.05, 4.69) is 11.1 Å². The maximum Gasteiger partial charge on any atom is 0.221 e. The molecule has 0 bridgehead atoms. The zero-order valence-electron chi connectivity index (χ0n) is 10.3. The molecule has 17 heavy (non-hydrogen) atoms. The van der Waals surface area contributed by atoms with Crippen LogP contribution in [0.15, 0.2) is 30.5 Å². The molecule has 0 saturated carbocycles. The molecule has 1 atom stereocenters. The zero-order valence-corrected chi connectivity index (χ0v) is 10.3. The minimum atomic E-state index is 0.137. The van der Waals surface area contributed by atoms with E-state index in [4.69, 9.17) is 10.5 Å². The lowest BCUT2D eigenvalue weighted by Crippen LogP contribution is -2.18. The van der Waals surface area contributed by atoms with Gasteiger partial charge in [0.25, 0.3) is 0 Å². The van der Waals surface area contributed by atoms with Crippen molar-refractivity contribution in [2.75, 3.05) is 6.61 Å². The van der Waals surface area contributed by atoms with Crippen LogP contribution in [-0.4, -0.2) is 17.6 Å². The van der Waals surface area contributed by atoms with Gasteiger partial charge in [-0.05, 0) is 37.3 Å². The Morgan fingerprint density at radius 1 is 1.29 bits per heavy atom. The number of hydrogen-bond donors (Lipinski definition) is 1. The highest BCUT2D eigenvalue weighted by Crippen LogP contribution is 2.26. The molecule has 0 spiro atoms. The van der Waals surface area contributed by atoms with Gasteiger partial charge in [0.2, 0.25) is 5.88 Å². The summed E-state index contributed by atoms with van der Waals surface area (Å²) in [7, 11) is 0. The number of nitrogens with two attached hydrogens (primary N) is 1. The number of benzene rings is 1. The van der Waals surface area contributed by atoms with Crippen molar-refractivity contribution in [2.45, 2.75) is 26.3 Å². The second-order valence-corrected chi connectivity index (χ2v) is 4.25. The quantitative estimate of drug-likeness (QED) is 0.878. The van der Waals surface area contributed by atoms with Crippen molar-refractivity contribution in [3.8, 4) is 5.88 Å². The Bertz CT molecular complexity index is 509. The average molecular weight is 230 g/mol. The first-order valence-corrected chi connectivity index (χ1v) is 5.97. The molecule has 3 nitrogen and oxygen atoms in total. The van der Waals surface area contributed by atoms with Crippen LogP contribution in [0, 0.1) is 0 Å². The number of pyridine rings is 1. The van der Waals surface area contributed by atoms with Crippen molar-refractivity contribution in [2.24, 2.45) is 5.73 Å². The number of aromatic nitrogens is 1. The van der Waals surface area contributed by atoms with E-state index in [9.17, 15) is 0 Å². The predicted molar refractivity (Wildman–Crippen MR) is 70.3 cm³/mol. The molecule has 0 aliphatic carbocycles. The van der Waals surface area contributed by atoms with Gasteiger partial charge >= 0.3 is 0 Å². The summed E-state index contributed by atoms with van der Waals surface area (Å²) >= 11 is 0. The third kappa shape index (κ3) is 2.56. The van der Waals surface area contributed by atoms with Gasteiger partial charge in [0.05, 0.1) is 6.61 Å². The second-order valence-electron chi connectivity index (χ2n) is 4.25. The first-order chi connectivity index (χ1) is 8.22. The van der Waals surface area contributed by atoms with E-state index in [-0.39, 0.29) is 6.04 Å². The predicted octanol–water partition coefficient (Wildman–Crippen LogP) is 2.52. The largest absolute Gasteiger partial charge is 0.478 e. The smallest absolute Gasteiger partial charge is 0.221 e. The van der Waals surface area contributed by atoms with Gasteiger partial charge < -0.3 is 10.5 Å². The van der Waals surface area contributed by atoms with Gasteiger partial charge in [-0.3, -0.25) is 0 Å². The lowest BCUT2D eigenvalue weighted by Gasteiger charge is -2.11. The molecule has 2 aromatic rings. The molecule has 1 aromatic heterocycles. The van der Waals surface area contributed by atoms with Crippen LogP contribution in [0.2, 0.25) is 0 Å². The normalized spacial score (nSPS) is 12.6. The molecule has 2 rings (SSSR count). The standard InChI is InChI=1S/C14H18N2O/c1-3-17-14-13-7-5-4-6-12(13)11(9-16-14)8-10(2)15/h4-7,9-10H,3,8,15H2,1-2H3. The van der Waals surface area contributed by atoms with Crippen LogP contribution in [0.5, 0.6) is 5.88 Å². The molecule has 1 heterocycles. The molecule has 0 aliphatic heterocycles. The van der Waals surface area contributed by atoms with Crippen LogP contribution >= 0.6 is 0 Å². The Morgan fingerprint density at radius 2 is 2.00 bits per heavy atom. The molecular formula is C14H18N2O. The number of ether oxygens (including phenoxy) is 1. The Labute approximate surface area is 102 Å². The fraction of sp³-hybridized carbons (Fsp3) is 0.357. The Hall–Kier alpha value is -1.61. The molecule has 0 aliphatic rings. The van der Waals surface area contributed by atoms with Gasteiger partial charge in [-0.15, -0.1) is 0 Å². The van der Waals surface area contributed by atoms with E-state index >= 15 is 0 Å². The van der Waals surface area contributed by atoms with Gasteiger partial charge in [-0.1, -0.05) is 18.2 Å². The summed E-state index contributed by atoms with van der Waals surface area (Å²) < 4.78 is 5.54. The first-order valence-electron chi connectivity index (χ1n) is 5.97. The number of fused-ring (bicyclic) bond motifs is 1. The molecule has 1 aromatic carbocycles. The highest BCUT2D eigenvalue weighted by atomic mass is 16.5. The highest BCUT2D eigenvalue weighted by Gasteiger charge is 2.08. The van der Waals surface area contributed by atoms with Crippen LogP contribution in [0.25, 0.3) is 10.8 Å². The fourth-order valence-corrected chi connectivity index (χ4v) is 1.99. The second kappa shape index (κ2) is 5.15. The lowest BCUT2D eigenvalue weighted by atomic mass is 10.0. The van der Waals surface area contributed by atoms with Crippen molar-refractivity contribution in [1.29, 1.82) is 0 Å². The Kier molecular flexibility index (Phi) is 3.59. The minimum absolute atomic E-state index is 0.137. The van der Waals surface area contributed by atoms with Crippen molar-refractivity contribution in [3.05, 3.63) is 36.0 Å². The van der Waals surface area contributed by atoms with Gasteiger partial charge in [0.15, 0.2) is 0 Å². The highest BCUT2D eigenvalue weighted by molar-refractivity contribution is 5.89. The molecule has 3 heteroatoms. The maximum atomic E-state index is 5.85. The topological polar surface area (TPSA) is 48.1 Å². The molecule has 90 valence electrons. The van der Waals surface area contributed by atoms with Gasteiger partial charge in [0, 0.05) is 17.6 Å². The average Bonchev–Trinajstić information content (AvgIpc) is 2.32. The van der Waals surface area contributed by atoms with Crippen molar-refractivity contribution < 1.29 is 4.74 Å². The molecule has 0 saturated heterocycles. The summed E-state index contributed by atoms with van der Waals surface area (Å²) in [5.74, 6) is 0.705. The van der Waals surface area contributed by atoms with Crippen LogP contribution < -0.4 is 10.5 Å². The summed E-state index contributed by atoms with van der Waals surface area (Å²) in [6, 6.07) is 8.30. The summed E-state index contributed by atoms with van der Waals surface area (Å²) in [4.78, 5) is 4.37. The van der Waals surface area contributed by atoms with Crippen LogP contribution in [0.3, 0.4) is 0 Å². The number of hydrogen-bond acceptors (Lipinski definition) is 3. The maximum absolute atomic E-state index is 5.85. The summed E-state index contributed by atoms with van der Waals surface area (Å²) in [6.45, 7) is 4.60. The molecule has 0 amide bonds. The first kappa shape index (κ1) is 11.9. The molecular weight excluding hydrogens is 212 g/mol. The Morgan fingerprint density at radius 3 is 2.65 bits per heavy atom. The molecule has 0 radical (unpaired) electrons. The van der Waals surface area contributed by atoms with Crippen molar-refractivity contribution >= 4 is 10.8 Å². The number of nitrogens with zero attached hydrogens (tertiary/aromatic N) is 1. The third-order valence-corrected chi connectivity index (χ3v) is 2.66. The summed E-state index contributed by atoms with van der Waals surface area (Å²) in [5.41, 5.74) is 7.03. The third-order valence-electron chi connectivity index (χ3n) is 2.66. The van der Waals surface area contributed by atoms with Gasteiger partial charge in [0.1, 0.15) is 0 Å². The van der Waals surface area contributed by atoms with Crippen molar-refractivity contribution in [1.82, 2.24) is 4.98 Å². The van der Waals surface area contributed by atoms with Crippen LogP contribution in [-0.2, 0) is 6.42 Å². The van der Waals surface area contributed by atoms with Gasteiger partial charge in [-0.25, -0.2) is 4.98 Å². The van der Waals surface area contributed by atoms with E-state index in [1.54, 1.807) is 0 Å². The van der Waals surface area contributed by atoms with E-state index < -0.39 is 0 Å². The van der Waals surface area contributed by atoms with Gasteiger partial charge in [-0.2, -0.15) is 0 Å². The van der Waals surface area contributed by atoms with Crippen molar-refractivity contribution in [3.63, 3.8) is 0 Å². The van der Waals surface area contributed by atoms with E-state index in [1.165, 1.54) is 10.9 Å². The molecule has 1 unspecified atom stereocenters. The summed E-state index contributed by atoms with van der Waals surface area (Å²) in [5, 5.41) is 2.25. The van der Waals surface area contributed by atoms with E-state index in [1.807, 2.05) is 38.2 Å². The fourth-order valence-electron chi connectivity index (χ4n) is 1.99. The lowest BCUT2D eigenvalue weighted by molar-refractivity contribution is 0.331. The minimum Gasteiger partial charge on any atom is -0.478 e. The summed E-state index contributed by atoms with van der Waals surface area (Å²) in [6.07, 6.45) is 2.70. The van der Waals surface area contributed by atoms with E-state index in [0.717, 1.165) is 11.8 Å². The zero-order chi connectivity index (χ0) is 12.3. The van der Waals surface area contributed by atoms with Crippen LogP contribution in [0.1, 0.15) is 19.4 Å². The molecule has 2 N–H and O–H groups in total. The van der Waals surface area contributed by atoms with Crippen LogP contribution in [0.4, 0.5) is 0 Å². The Balaban J connectivity index is 2.54. The SMILES string of the molecule is CCOc1ncc(CC(C)N)c2ccccc12.